The summed E-state index contributed by atoms with van der Waals surface area (Å²) in [5, 5.41) is 37.7. The van der Waals surface area contributed by atoms with Crippen LogP contribution in [0, 0.1) is 10.8 Å². The summed E-state index contributed by atoms with van der Waals surface area (Å²) in [6.07, 6.45) is 0. The molecular formula is C13H16N4O12Y-2. The number of nitrogens with one attached hydrogen (secondary N) is 4. The monoisotopic (exact) mass is 509 g/mol. The zero-order valence-electron chi connectivity index (χ0n) is 15.3. The van der Waals surface area contributed by atoms with Crippen LogP contribution in [0.5, 0.6) is 0 Å². The number of amides is 4. The van der Waals surface area contributed by atoms with E-state index in [4.69, 9.17) is 31.9 Å². The fourth-order valence-electron chi connectivity index (χ4n) is 1.65. The maximum absolute atomic E-state index is 11.2. The first-order chi connectivity index (χ1) is 13.1. The van der Waals surface area contributed by atoms with Crippen LogP contribution in [0.1, 0.15) is 6.92 Å². The van der Waals surface area contributed by atoms with Gasteiger partial charge in [0.05, 0.1) is 11.8 Å². The molecule has 0 bridgehead atoms. The number of carboxylic acid groups (broad SMARTS) is 4. The van der Waals surface area contributed by atoms with Crippen LogP contribution < -0.4 is 10.6 Å². The Balaban J connectivity index is -0.000000471. The van der Waals surface area contributed by atoms with E-state index in [-0.39, 0.29) is 39.3 Å². The van der Waals surface area contributed by atoms with Crippen LogP contribution >= 0.6 is 0 Å². The summed E-state index contributed by atoms with van der Waals surface area (Å²) < 4.78 is 0. The van der Waals surface area contributed by atoms with Crippen molar-refractivity contribution in [3.05, 3.63) is 11.5 Å². The minimum absolute atomic E-state index is 0. The van der Waals surface area contributed by atoms with Crippen molar-refractivity contribution >= 4 is 47.5 Å². The van der Waals surface area contributed by atoms with E-state index in [1.165, 1.54) is 6.92 Å². The van der Waals surface area contributed by atoms with Gasteiger partial charge in [0.15, 0.2) is 0 Å². The number of carboxylic acids is 4. The molecule has 0 fully saturated rings. The summed E-state index contributed by atoms with van der Waals surface area (Å²) in [6, 6.07) is 0. The molecule has 4 amide bonds. The number of carbonyl (C=O) groups excluding carboxylic acids is 4. The van der Waals surface area contributed by atoms with Crippen LogP contribution in [0.2, 0.25) is 0 Å². The molecule has 0 spiro atoms. The molecule has 0 rings (SSSR count). The van der Waals surface area contributed by atoms with Crippen molar-refractivity contribution in [2.75, 3.05) is 13.6 Å². The molecule has 0 saturated carbocycles. The zero-order chi connectivity index (χ0) is 23.7. The Bertz CT molecular complexity index is 693. The molecule has 8 N–H and O–H groups in total. The molecule has 0 atom stereocenters. The van der Waals surface area contributed by atoms with Crippen LogP contribution in [0.4, 0.5) is 0 Å². The quantitative estimate of drug-likeness (QED) is 0.173. The fraction of sp³-hybridized carbons (Fsp3) is 0.385. The number of hydrogen-bond donors (Lipinski definition) is 6. The van der Waals surface area contributed by atoms with Gasteiger partial charge in [-0.15, -0.1) is 0 Å². The number of hydrogen-bond acceptors (Lipinski definition) is 8. The Morgan fingerprint density at radius 2 is 0.967 bits per heavy atom. The summed E-state index contributed by atoms with van der Waals surface area (Å²) in [7, 11) is 0.964. The van der Waals surface area contributed by atoms with Crippen molar-refractivity contribution in [2.24, 2.45) is 10.8 Å². The van der Waals surface area contributed by atoms with E-state index in [9.17, 15) is 38.4 Å². The molecule has 0 aromatic heterocycles. The number of rotatable bonds is 9. The number of carbonyl (C=O) groups is 8. The molecule has 0 aromatic carbocycles. The zero-order valence-corrected chi connectivity index (χ0v) is 18.2. The van der Waals surface area contributed by atoms with Gasteiger partial charge >= 0.3 is 23.9 Å². The second kappa shape index (κ2) is 12.4. The van der Waals surface area contributed by atoms with E-state index in [0.29, 0.717) is 0 Å². The predicted molar refractivity (Wildman–Crippen MR) is 86.8 cm³/mol. The Morgan fingerprint density at radius 1 is 0.700 bits per heavy atom. The van der Waals surface area contributed by atoms with Crippen LogP contribution in [0.25, 0.3) is 11.5 Å². The van der Waals surface area contributed by atoms with E-state index in [1.807, 2.05) is 5.32 Å². The van der Waals surface area contributed by atoms with Gasteiger partial charge in [0, 0.05) is 46.3 Å². The number of aliphatic carboxylic acids is 4. The molecule has 165 valence electrons. The van der Waals surface area contributed by atoms with Crippen LogP contribution in [-0.4, -0.2) is 81.5 Å². The molecule has 17 heteroatoms. The Labute approximate surface area is 192 Å². The van der Waals surface area contributed by atoms with Gasteiger partial charge in [-0.05, 0) is 6.92 Å². The van der Waals surface area contributed by atoms with E-state index in [1.54, 1.807) is 5.32 Å². The first-order valence-electron chi connectivity index (χ1n) is 7.09. The molecule has 1 radical (unpaired) electrons. The summed E-state index contributed by atoms with van der Waals surface area (Å²) >= 11 is 0. The minimum Gasteiger partial charge on any atom is -0.666 e. The van der Waals surface area contributed by atoms with Crippen molar-refractivity contribution < 1.29 is 91.5 Å². The van der Waals surface area contributed by atoms with E-state index in [2.05, 4.69) is 0 Å². The van der Waals surface area contributed by atoms with Gasteiger partial charge in [0.1, 0.15) is 0 Å². The normalized spacial score (nSPS) is 10.1. The molecule has 0 aliphatic heterocycles. The average molecular weight is 509 g/mol. The van der Waals surface area contributed by atoms with Crippen LogP contribution in [0.3, 0.4) is 0 Å². The maximum atomic E-state index is 11.2. The molecule has 0 aromatic rings. The van der Waals surface area contributed by atoms with Gasteiger partial charge in [-0.3, -0.25) is 9.59 Å². The van der Waals surface area contributed by atoms with Gasteiger partial charge in [-0.2, -0.15) is 0 Å². The molecule has 0 saturated heterocycles. The van der Waals surface area contributed by atoms with Crippen molar-refractivity contribution in [2.45, 2.75) is 6.92 Å². The predicted octanol–water partition coefficient (Wildman–Crippen LogP) is -2.68. The summed E-state index contributed by atoms with van der Waals surface area (Å²) in [5.41, 5.74) is 6.35. The Morgan fingerprint density at radius 3 is 1.10 bits per heavy atom. The van der Waals surface area contributed by atoms with Crippen molar-refractivity contribution in [1.29, 1.82) is 0 Å². The van der Waals surface area contributed by atoms with Gasteiger partial charge in [-0.1, -0.05) is 0 Å². The fourth-order valence-corrected chi connectivity index (χ4v) is 1.65. The largest absolute Gasteiger partial charge is 0.666 e. The summed E-state index contributed by atoms with van der Waals surface area (Å²) in [5.74, 6) is -15.8. The standard InChI is InChI=1S/C7H10N2O6.C6H8N2O6.Y/c1-2-9-4(11)7(3(8)10,5(12)13)6(14)15;1-8-3(10)6(2(7)9,4(11)12)5(13)14;/h2H2,1H3,(H5,8,9,10,11,12,13,14,15);1H3,(H5,7,8,9,10,11,12,13,14);/p-2. The third kappa shape index (κ3) is 5.69. The van der Waals surface area contributed by atoms with Crippen molar-refractivity contribution in [1.82, 2.24) is 10.6 Å². The van der Waals surface area contributed by atoms with Crippen molar-refractivity contribution in [3.63, 3.8) is 0 Å². The van der Waals surface area contributed by atoms with E-state index >= 15 is 0 Å². The second-order valence-electron chi connectivity index (χ2n) is 4.82. The third-order valence-electron chi connectivity index (χ3n) is 3.21. The topological polar surface area (TPSA) is 289 Å². The molecule has 30 heavy (non-hydrogen) atoms. The van der Waals surface area contributed by atoms with E-state index in [0.717, 1.165) is 7.05 Å². The van der Waals surface area contributed by atoms with Gasteiger partial charge < -0.3 is 52.1 Å². The van der Waals surface area contributed by atoms with Crippen LogP contribution in [0.15, 0.2) is 0 Å². The molecular weight excluding hydrogens is 493 g/mol. The third-order valence-corrected chi connectivity index (χ3v) is 3.21. The Kier molecular flexibility index (Phi) is 13.1. The average Bonchev–Trinajstić information content (AvgIpc) is 2.54. The molecule has 0 aliphatic rings. The summed E-state index contributed by atoms with van der Waals surface area (Å²) in [6.45, 7) is 1.37. The SMILES string of the molecule is CCNC(=O)C(C([NH-])=O)(C(=O)O)C(=O)O.CNC(=O)C(C([NH-])=O)(C(=O)O)C(=O)O.[Y]. The van der Waals surface area contributed by atoms with Gasteiger partial charge in [-0.25, -0.2) is 19.2 Å². The molecule has 0 aliphatic carbocycles. The molecule has 0 heterocycles. The van der Waals surface area contributed by atoms with Gasteiger partial charge in [0.25, 0.3) is 22.6 Å². The molecule has 16 nitrogen and oxygen atoms in total. The molecule has 0 unspecified atom stereocenters. The second-order valence-corrected chi connectivity index (χ2v) is 4.82. The smallest absolute Gasteiger partial charge is 0.336 e. The Hall–Kier alpha value is -3.14. The van der Waals surface area contributed by atoms with Gasteiger partial charge in [0.2, 0.25) is 0 Å². The minimum atomic E-state index is -3.38. The first-order valence-corrected chi connectivity index (χ1v) is 7.09. The van der Waals surface area contributed by atoms with Crippen LogP contribution in [-0.2, 0) is 71.1 Å². The first kappa shape index (κ1) is 31.6. The van der Waals surface area contributed by atoms with Crippen molar-refractivity contribution in [3.8, 4) is 0 Å². The maximum Gasteiger partial charge on any atom is 0.336 e. The van der Waals surface area contributed by atoms with E-state index < -0.39 is 58.3 Å². The summed E-state index contributed by atoms with van der Waals surface area (Å²) in [4.78, 5) is 85.7.